The lowest BCUT2D eigenvalue weighted by Gasteiger charge is -2.47. The van der Waals surface area contributed by atoms with Crippen molar-refractivity contribution in [3.05, 3.63) is 70.8 Å². The van der Waals surface area contributed by atoms with Crippen LogP contribution in [0.4, 0.5) is 13.2 Å². The second kappa shape index (κ2) is 12.8. The van der Waals surface area contributed by atoms with Gasteiger partial charge in [-0.15, -0.1) is 0 Å². The Labute approximate surface area is 242 Å². The van der Waals surface area contributed by atoms with Gasteiger partial charge in [0, 0.05) is 37.9 Å². The molecule has 2 aromatic rings. The maximum Gasteiger partial charge on any atom is 0.416 e. The normalized spacial score (nSPS) is 26.0. The molecule has 1 aliphatic heterocycles. The van der Waals surface area contributed by atoms with Gasteiger partial charge in [-0.2, -0.15) is 13.2 Å². The summed E-state index contributed by atoms with van der Waals surface area (Å²) in [6.45, 7) is 2.76. The van der Waals surface area contributed by atoms with Gasteiger partial charge in [-0.3, -0.25) is 14.4 Å². The van der Waals surface area contributed by atoms with Gasteiger partial charge in [0.2, 0.25) is 5.91 Å². The van der Waals surface area contributed by atoms with Gasteiger partial charge in [0.1, 0.15) is 0 Å². The number of carbonyl (C=O) groups excluding carboxylic acids is 3. The number of hydrogen-bond donors (Lipinski definition) is 5. The van der Waals surface area contributed by atoms with Crippen LogP contribution in [0, 0.1) is 5.92 Å². The van der Waals surface area contributed by atoms with Crippen LogP contribution in [0.25, 0.3) is 0 Å². The number of hydrogen-bond acceptors (Lipinski definition) is 6. The molecule has 1 aliphatic carbocycles. The van der Waals surface area contributed by atoms with Crippen LogP contribution in [0.1, 0.15) is 64.4 Å². The minimum atomic E-state index is -4.59. The third kappa shape index (κ3) is 6.77. The first-order chi connectivity index (χ1) is 19.9. The number of benzene rings is 2. The molecule has 1 saturated heterocycles. The quantitative estimate of drug-likeness (QED) is 0.306. The summed E-state index contributed by atoms with van der Waals surface area (Å²) >= 11 is 0. The predicted octanol–water partition coefficient (Wildman–Crippen LogP) is 2.74. The van der Waals surface area contributed by atoms with E-state index in [4.69, 9.17) is 4.74 Å². The third-order valence-corrected chi connectivity index (χ3v) is 8.35. The Morgan fingerprint density at radius 2 is 1.71 bits per heavy atom. The van der Waals surface area contributed by atoms with Crippen LogP contribution >= 0.6 is 0 Å². The molecule has 1 saturated carbocycles. The molecule has 2 fully saturated rings. The maximum absolute atomic E-state index is 13.2. The molecule has 2 aromatic carbocycles. The summed E-state index contributed by atoms with van der Waals surface area (Å²) in [5, 5.41) is 22.9. The predicted molar refractivity (Wildman–Crippen MR) is 149 cm³/mol. The Hall–Kier alpha value is -3.48. The fourth-order valence-corrected chi connectivity index (χ4v) is 6.15. The van der Waals surface area contributed by atoms with E-state index < -0.39 is 41.2 Å². The van der Waals surface area contributed by atoms with E-state index in [1.807, 2.05) is 6.92 Å². The Bertz CT molecular complexity index is 1300. The van der Waals surface area contributed by atoms with Gasteiger partial charge in [0.05, 0.1) is 29.4 Å². The highest BCUT2D eigenvalue weighted by Crippen LogP contribution is 2.45. The molecule has 0 spiro atoms. The van der Waals surface area contributed by atoms with Gasteiger partial charge >= 0.3 is 6.18 Å². The highest BCUT2D eigenvalue weighted by atomic mass is 19.4. The summed E-state index contributed by atoms with van der Waals surface area (Å²) in [7, 11) is 1.55. The van der Waals surface area contributed by atoms with E-state index in [1.165, 1.54) is 6.07 Å². The van der Waals surface area contributed by atoms with Crippen molar-refractivity contribution in [1.29, 1.82) is 0 Å². The van der Waals surface area contributed by atoms with Crippen molar-refractivity contribution in [2.45, 2.75) is 56.0 Å². The molecule has 9 nitrogen and oxygen atoms in total. The van der Waals surface area contributed by atoms with Crippen molar-refractivity contribution in [2.75, 3.05) is 33.3 Å². The fraction of sp³-hybridized carbons (Fsp3) is 0.500. The zero-order chi connectivity index (χ0) is 30.5. The molecule has 0 radical (unpaired) electrons. The molecule has 228 valence electrons. The van der Waals surface area contributed by atoms with Crippen molar-refractivity contribution in [3.8, 4) is 0 Å². The lowest BCUT2D eigenvalue weighted by Crippen LogP contribution is -2.64. The summed E-state index contributed by atoms with van der Waals surface area (Å²) in [5.41, 5.74) is -2.00. The first kappa shape index (κ1) is 31.5. The molecule has 0 unspecified atom stereocenters. The van der Waals surface area contributed by atoms with Crippen molar-refractivity contribution < 1.29 is 37.4 Å². The second-order valence-corrected chi connectivity index (χ2v) is 10.9. The minimum absolute atomic E-state index is 0.0745. The first-order valence-electron chi connectivity index (χ1n) is 14.1. The summed E-state index contributed by atoms with van der Waals surface area (Å²) in [6.07, 6.45) is -3.04. The van der Waals surface area contributed by atoms with Crippen LogP contribution in [0.5, 0.6) is 0 Å². The van der Waals surface area contributed by atoms with Crippen LogP contribution in [-0.4, -0.2) is 67.8 Å². The van der Waals surface area contributed by atoms with Gasteiger partial charge in [-0.25, -0.2) is 0 Å². The summed E-state index contributed by atoms with van der Waals surface area (Å²) in [4.78, 5) is 37.8. The second-order valence-electron chi connectivity index (χ2n) is 10.9. The number of carbonyl (C=O) groups is 3. The summed E-state index contributed by atoms with van der Waals surface area (Å²) < 4.78 is 45.2. The molecule has 12 heteroatoms. The SMILES string of the molecule is CCO[C@H]1CNC[C@@]1(NC(=O)CNC(=O)c1cccc(C(F)(F)F)c1)C1CCC(O)(c2cccc(C(=O)NC)c2)CC1. The van der Waals surface area contributed by atoms with Crippen LogP contribution < -0.4 is 21.3 Å². The van der Waals surface area contributed by atoms with Crippen molar-refractivity contribution in [2.24, 2.45) is 5.92 Å². The maximum atomic E-state index is 13.2. The van der Waals surface area contributed by atoms with Crippen molar-refractivity contribution in [1.82, 2.24) is 21.3 Å². The first-order valence-corrected chi connectivity index (χ1v) is 14.1. The number of alkyl halides is 3. The molecule has 1 heterocycles. The lowest BCUT2D eigenvalue weighted by molar-refractivity contribution is -0.137. The van der Waals surface area contributed by atoms with Gasteiger partial charge in [0.25, 0.3) is 11.8 Å². The number of ether oxygens (including phenoxy) is 1. The zero-order valence-corrected chi connectivity index (χ0v) is 23.6. The average Bonchev–Trinajstić information content (AvgIpc) is 3.38. The molecule has 3 amide bonds. The smallest absolute Gasteiger partial charge is 0.385 e. The zero-order valence-electron chi connectivity index (χ0n) is 23.6. The van der Waals surface area contributed by atoms with Gasteiger partial charge in [0.15, 0.2) is 0 Å². The van der Waals surface area contributed by atoms with Gasteiger partial charge in [-0.05, 0) is 74.4 Å². The highest BCUT2D eigenvalue weighted by Gasteiger charge is 2.52. The third-order valence-electron chi connectivity index (χ3n) is 8.35. The topological polar surface area (TPSA) is 129 Å². The van der Waals surface area contributed by atoms with Gasteiger partial charge < -0.3 is 31.1 Å². The average molecular weight is 591 g/mol. The van der Waals surface area contributed by atoms with Crippen molar-refractivity contribution in [3.63, 3.8) is 0 Å². The number of rotatable bonds is 9. The number of amides is 3. The Balaban J connectivity index is 1.45. The van der Waals surface area contributed by atoms with E-state index >= 15 is 0 Å². The molecular formula is C30H37F3N4O5. The number of nitrogens with one attached hydrogen (secondary N) is 4. The molecule has 0 bridgehead atoms. The van der Waals surface area contributed by atoms with E-state index in [0.717, 1.165) is 18.2 Å². The molecule has 5 N–H and O–H groups in total. The molecule has 42 heavy (non-hydrogen) atoms. The van der Waals surface area contributed by atoms with E-state index in [-0.39, 0.29) is 23.5 Å². The van der Waals surface area contributed by atoms with Crippen LogP contribution in [0.15, 0.2) is 48.5 Å². The molecule has 2 aliphatic rings. The van der Waals surface area contributed by atoms with E-state index in [1.54, 1.807) is 31.3 Å². The Kier molecular flexibility index (Phi) is 9.59. The van der Waals surface area contributed by atoms with Crippen LogP contribution in [-0.2, 0) is 21.3 Å². The number of halogens is 3. The molecule has 4 rings (SSSR count). The molecular weight excluding hydrogens is 553 g/mol. The molecule has 0 aromatic heterocycles. The summed E-state index contributed by atoms with van der Waals surface area (Å²) in [6, 6.07) is 10.9. The van der Waals surface area contributed by atoms with Crippen molar-refractivity contribution >= 4 is 17.7 Å². The fourth-order valence-electron chi connectivity index (χ4n) is 6.15. The van der Waals surface area contributed by atoms with E-state index in [2.05, 4.69) is 21.3 Å². The van der Waals surface area contributed by atoms with E-state index in [9.17, 15) is 32.7 Å². The summed E-state index contributed by atoms with van der Waals surface area (Å²) in [5.74, 6) is -1.61. The highest BCUT2D eigenvalue weighted by molar-refractivity contribution is 5.96. The van der Waals surface area contributed by atoms with Crippen LogP contribution in [0.2, 0.25) is 0 Å². The van der Waals surface area contributed by atoms with E-state index in [0.29, 0.717) is 56.5 Å². The minimum Gasteiger partial charge on any atom is -0.385 e. The Morgan fingerprint density at radius 3 is 2.36 bits per heavy atom. The standard InChI is InChI=1S/C30H37F3N4O5/c1-3-42-24-16-35-18-29(24,37-25(38)17-36-27(40)20-7-5-9-23(15-20)30(31,32)33)21-10-12-28(41,13-11-21)22-8-4-6-19(14-22)26(39)34-2/h4-9,14-15,21,24,35,41H,3,10-13,16-18H2,1-2H3,(H,34,39)(H,36,40)(H,37,38)/t21?,24-,28?,29+/m0/s1. The monoisotopic (exact) mass is 590 g/mol. The van der Waals surface area contributed by atoms with Gasteiger partial charge in [-0.1, -0.05) is 18.2 Å². The lowest BCUT2D eigenvalue weighted by atomic mass is 9.67. The molecule has 2 atom stereocenters. The Morgan fingerprint density at radius 1 is 1.05 bits per heavy atom. The largest absolute Gasteiger partial charge is 0.416 e. The van der Waals surface area contributed by atoms with Crippen LogP contribution in [0.3, 0.4) is 0 Å². The number of aliphatic hydroxyl groups is 1.